The van der Waals surface area contributed by atoms with E-state index < -0.39 is 10.1 Å². The molecule has 5 nitrogen and oxygen atoms in total. The largest absolute Gasteiger partial charge is 0.313 e. The minimum Gasteiger partial charge on any atom is -0.313 e. The van der Waals surface area contributed by atoms with Crippen LogP contribution in [-0.2, 0) is 20.9 Å². The summed E-state index contributed by atoms with van der Waals surface area (Å²) in [5.74, 6) is 0. The van der Waals surface area contributed by atoms with Crippen molar-refractivity contribution in [2.45, 2.75) is 6.61 Å². The first kappa shape index (κ1) is 16.0. The predicted octanol–water partition coefficient (Wildman–Crippen LogP) is 3.07. The van der Waals surface area contributed by atoms with Crippen LogP contribution in [0.15, 0.2) is 30.5 Å². The molecule has 0 N–H and O–H groups in total. The van der Waals surface area contributed by atoms with Gasteiger partial charge in [-0.1, -0.05) is 23.2 Å². The second-order valence-electron chi connectivity index (χ2n) is 4.25. The van der Waals surface area contributed by atoms with Crippen LogP contribution in [0.3, 0.4) is 0 Å². The van der Waals surface area contributed by atoms with Crippen LogP contribution in [0.4, 0.5) is 0 Å². The third-order valence-electron chi connectivity index (χ3n) is 2.74. The molecule has 0 fully saturated rings. The summed E-state index contributed by atoms with van der Waals surface area (Å²) in [6, 6.07) is 6.53. The maximum Gasteiger partial charge on any atom is 0.264 e. The van der Waals surface area contributed by atoms with Gasteiger partial charge in [-0.3, -0.25) is 8.98 Å². The lowest BCUT2D eigenvalue weighted by atomic mass is 10.2. The molecule has 112 valence electrons. The summed E-state index contributed by atoms with van der Waals surface area (Å²) in [4.78, 5) is 11.0. The molecule has 21 heavy (non-hydrogen) atoms. The van der Waals surface area contributed by atoms with Gasteiger partial charge in [-0.05, 0) is 24.3 Å². The Bertz CT molecular complexity index is 783. The summed E-state index contributed by atoms with van der Waals surface area (Å²) in [5.41, 5.74) is 1.27. The number of carbonyl (C=O) groups excluding carboxylic acids is 1. The Labute approximate surface area is 132 Å². The average molecular weight is 348 g/mol. The maximum absolute atomic E-state index is 11.1. The van der Waals surface area contributed by atoms with E-state index in [0.29, 0.717) is 23.2 Å². The maximum atomic E-state index is 11.1. The van der Waals surface area contributed by atoms with Crippen LogP contribution in [-0.4, -0.2) is 25.5 Å². The van der Waals surface area contributed by atoms with Crippen molar-refractivity contribution in [3.63, 3.8) is 0 Å². The van der Waals surface area contributed by atoms with Crippen molar-refractivity contribution < 1.29 is 17.4 Å². The van der Waals surface area contributed by atoms with Gasteiger partial charge in [-0.25, -0.2) is 0 Å². The van der Waals surface area contributed by atoms with Crippen molar-refractivity contribution in [3.05, 3.63) is 51.8 Å². The molecule has 0 radical (unpaired) electrons. The zero-order chi connectivity index (χ0) is 15.6. The lowest BCUT2D eigenvalue weighted by Gasteiger charge is -2.13. The standard InChI is InChI=1S/C13H11Cl2NO4S/c1-21(18,19)20-8-10-11(14)4-5-12(13(10)15)16-6-2-3-9(16)7-17/h2-7H,8H2,1H3. The lowest BCUT2D eigenvalue weighted by molar-refractivity contribution is 0.111. The van der Waals surface area contributed by atoms with Crippen LogP contribution in [0.25, 0.3) is 5.69 Å². The summed E-state index contributed by atoms with van der Waals surface area (Å²) in [7, 11) is -3.62. The SMILES string of the molecule is CS(=O)(=O)OCc1c(Cl)ccc(-n2cccc2C=O)c1Cl. The van der Waals surface area contributed by atoms with Gasteiger partial charge in [0.1, 0.15) is 0 Å². The molecule has 0 atom stereocenters. The molecular weight excluding hydrogens is 337 g/mol. The van der Waals surface area contributed by atoms with Gasteiger partial charge < -0.3 is 4.57 Å². The highest BCUT2D eigenvalue weighted by Gasteiger charge is 2.15. The van der Waals surface area contributed by atoms with E-state index in [1.165, 1.54) is 0 Å². The number of carbonyl (C=O) groups is 1. The monoisotopic (exact) mass is 347 g/mol. The molecule has 0 bridgehead atoms. The van der Waals surface area contributed by atoms with E-state index in [0.717, 1.165) is 6.26 Å². The molecule has 2 aromatic rings. The fraction of sp³-hybridized carbons (Fsp3) is 0.154. The molecule has 1 aromatic carbocycles. The Balaban J connectivity index is 2.49. The number of aldehydes is 1. The molecule has 2 rings (SSSR count). The van der Waals surface area contributed by atoms with E-state index in [9.17, 15) is 13.2 Å². The predicted molar refractivity (Wildman–Crippen MR) is 80.8 cm³/mol. The Morgan fingerprint density at radius 3 is 2.62 bits per heavy atom. The molecule has 1 aromatic heterocycles. The number of benzene rings is 1. The van der Waals surface area contributed by atoms with Crippen molar-refractivity contribution in [2.24, 2.45) is 0 Å². The minimum atomic E-state index is -3.62. The molecule has 0 amide bonds. The first-order chi connectivity index (χ1) is 9.83. The van der Waals surface area contributed by atoms with E-state index in [4.69, 9.17) is 27.4 Å². The normalized spacial score (nSPS) is 11.6. The molecule has 0 spiro atoms. The summed E-state index contributed by atoms with van der Waals surface area (Å²) in [5, 5.41) is 0.512. The number of hydrogen-bond donors (Lipinski definition) is 0. The number of rotatable bonds is 5. The Hall–Kier alpha value is -1.34. The first-order valence-electron chi connectivity index (χ1n) is 5.77. The number of hydrogen-bond acceptors (Lipinski definition) is 4. The van der Waals surface area contributed by atoms with Crippen molar-refractivity contribution in [1.82, 2.24) is 4.57 Å². The number of halogens is 2. The zero-order valence-electron chi connectivity index (χ0n) is 10.9. The highest BCUT2D eigenvalue weighted by atomic mass is 35.5. The number of aromatic nitrogens is 1. The van der Waals surface area contributed by atoms with Crippen LogP contribution >= 0.6 is 23.2 Å². The van der Waals surface area contributed by atoms with Crippen LogP contribution in [0.1, 0.15) is 16.1 Å². The average Bonchev–Trinajstić information content (AvgIpc) is 2.85. The highest BCUT2D eigenvalue weighted by molar-refractivity contribution is 7.85. The van der Waals surface area contributed by atoms with Gasteiger partial charge >= 0.3 is 0 Å². The fourth-order valence-corrected chi connectivity index (χ4v) is 2.68. The fourth-order valence-electron chi connectivity index (χ4n) is 1.78. The summed E-state index contributed by atoms with van der Waals surface area (Å²) in [6.45, 7) is -0.276. The van der Waals surface area contributed by atoms with E-state index in [1.807, 2.05) is 0 Å². The van der Waals surface area contributed by atoms with Gasteiger partial charge in [0.15, 0.2) is 6.29 Å². The molecule has 8 heteroatoms. The van der Waals surface area contributed by atoms with Crippen molar-refractivity contribution in [2.75, 3.05) is 6.26 Å². The zero-order valence-corrected chi connectivity index (χ0v) is 13.2. The summed E-state index contributed by atoms with van der Waals surface area (Å²) < 4.78 is 28.5. The minimum absolute atomic E-state index is 0.227. The Kier molecular flexibility index (Phi) is 4.73. The van der Waals surface area contributed by atoms with Crippen molar-refractivity contribution in [1.29, 1.82) is 0 Å². The molecular formula is C13H11Cl2NO4S. The van der Waals surface area contributed by atoms with Gasteiger partial charge in [0, 0.05) is 16.8 Å². The third kappa shape index (κ3) is 3.65. The molecule has 0 saturated heterocycles. The summed E-state index contributed by atoms with van der Waals surface area (Å²) >= 11 is 12.3. The second kappa shape index (κ2) is 6.19. The quantitative estimate of drug-likeness (QED) is 0.615. The topological polar surface area (TPSA) is 65.4 Å². The molecule has 0 aliphatic heterocycles. The molecule has 0 saturated carbocycles. The van der Waals surface area contributed by atoms with Gasteiger partial charge in [-0.2, -0.15) is 8.42 Å². The lowest BCUT2D eigenvalue weighted by Crippen LogP contribution is -2.06. The van der Waals surface area contributed by atoms with Crippen LogP contribution in [0.5, 0.6) is 0 Å². The van der Waals surface area contributed by atoms with E-state index in [1.54, 1.807) is 35.0 Å². The van der Waals surface area contributed by atoms with Crippen LogP contribution < -0.4 is 0 Å². The highest BCUT2D eigenvalue weighted by Crippen LogP contribution is 2.32. The van der Waals surface area contributed by atoms with Gasteiger partial charge in [0.25, 0.3) is 10.1 Å². The summed E-state index contributed by atoms with van der Waals surface area (Å²) in [6.07, 6.45) is 3.30. The molecule has 1 heterocycles. The van der Waals surface area contributed by atoms with Crippen LogP contribution in [0.2, 0.25) is 10.0 Å². The third-order valence-corrected chi connectivity index (χ3v) is 4.07. The smallest absolute Gasteiger partial charge is 0.264 e. The van der Waals surface area contributed by atoms with Crippen LogP contribution in [0, 0.1) is 0 Å². The van der Waals surface area contributed by atoms with Gasteiger partial charge in [0.2, 0.25) is 0 Å². The Morgan fingerprint density at radius 1 is 1.29 bits per heavy atom. The van der Waals surface area contributed by atoms with E-state index in [2.05, 4.69) is 0 Å². The van der Waals surface area contributed by atoms with E-state index in [-0.39, 0.29) is 16.7 Å². The second-order valence-corrected chi connectivity index (χ2v) is 6.68. The Morgan fingerprint density at radius 2 is 2.00 bits per heavy atom. The molecule has 0 aliphatic carbocycles. The van der Waals surface area contributed by atoms with Crippen molar-refractivity contribution >= 4 is 39.6 Å². The van der Waals surface area contributed by atoms with Crippen molar-refractivity contribution in [3.8, 4) is 5.69 Å². The van der Waals surface area contributed by atoms with Gasteiger partial charge in [0.05, 0.1) is 29.3 Å². The van der Waals surface area contributed by atoms with E-state index >= 15 is 0 Å². The number of nitrogens with zero attached hydrogens (tertiary/aromatic N) is 1. The van der Waals surface area contributed by atoms with Gasteiger partial charge in [-0.15, -0.1) is 0 Å². The molecule has 0 aliphatic rings. The first-order valence-corrected chi connectivity index (χ1v) is 8.35. The molecule has 0 unspecified atom stereocenters.